The predicted molar refractivity (Wildman–Crippen MR) is 80.6 cm³/mol. The highest BCUT2D eigenvalue weighted by molar-refractivity contribution is 5.96. The Labute approximate surface area is 127 Å². The van der Waals surface area contributed by atoms with Crippen molar-refractivity contribution in [2.24, 2.45) is 5.73 Å². The summed E-state index contributed by atoms with van der Waals surface area (Å²) in [5.74, 6) is -1.54. The summed E-state index contributed by atoms with van der Waals surface area (Å²) in [4.78, 5) is 24.0. The highest BCUT2D eigenvalue weighted by Gasteiger charge is 2.22. The van der Waals surface area contributed by atoms with Gasteiger partial charge in [0.05, 0.1) is 0 Å². The maximum atomic E-state index is 13.0. The molecule has 2 amide bonds. The summed E-state index contributed by atoms with van der Waals surface area (Å²) in [6.45, 7) is 3.89. The molecule has 0 radical (unpaired) electrons. The van der Waals surface area contributed by atoms with Gasteiger partial charge in [0, 0.05) is 12.2 Å². The van der Waals surface area contributed by atoms with Gasteiger partial charge in [-0.15, -0.1) is 0 Å². The minimum Gasteiger partial charge on any atom is -0.368 e. The monoisotopic (exact) mass is 303 g/mol. The summed E-state index contributed by atoms with van der Waals surface area (Å²) in [7, 11) is 0. The van der Waals surface area contributed by atoms with E-state index in [1.807, 2.05) is 13.8 Å². The van der Waals surface area contributed by atoms with Crippen molar-refractivity contribution in [3.05, 3.63) is 59.7 Å². The molecule has 1 atom stereocenters. The highest BCUT2D eigenvalue weighted by Crippen LogP contribution is 2.16. The molecule has 0 saturated carbocycles. The van der Waals surface area contributed by atoms with Crippen molar-refractivity contribution >= 4 is 11.8 Å². The Kier molecular flexibility index (Phi) is 4.60. The average molecular weight is 303 g/mol. The molecule has 1 aromatic carbocycles. The van der Waals surface area contributed by atoms with Crippen LogP contribution in [0.5, 0.6) is 0 Å². The summed E-state index contributed by atoms with van der Waals surface area (Å²) < 4.78 is 14.8. The van der Waals surface area contributed by atoms with Crippen LogP contribution >= 0.6 is 0 Å². The summed E-state index contributed by atoms with van der Waals surface area (Å²) >= 11 is 0. The Morgan fingerprint density at radius 1 is 1.18 bits per heavy atom. The number of hydrogen-bond acceptors (Lipinski definition) is 2. The Balaban J connectivity index is 2.24. The number of nitrogens with zero attached hydrogens (tertiary/aromatic N) is 1. The molecule has 0 spiro atoms. The minimum absolute atomic E-state index is 0.105. The van der Waals surface area contributed by atoms with Crippen LogP contribution in [0.2, 0.25) is 0 Å². The molecule has 0 saturated heterocycles. The molecule has 3 N–H and O–H groups in total. The van der Waals surface area contributed by atoms with Gasteiger partial charge in [0.25, 0.3) is 5.91 Å². The molecule has 0 aliphatic rings. The number of nitrogens with one attached hydrogen (secondary N) is 1. The van der Waals surface area contributed by atoms with E-state index in [-0.39, 0.29) is 6.04 Å². The minimum atomic E-state index is -1.01. The molecule has 2 aromatic rings. The van der Waals surface area contributed by atoms with Crippen LogP contribution in [0.1, 0.15) is 42.0 Å². The van der Waals surface area contributed by atoms with E-state index in [2.05, 4.69) is 5.32 Å². The molecule has 116 valence electrons. The van der Waals surface area contributed by atoms with Gasteiger partial charge in [-0.3, -0.25) is 9.59 Å². The molecule has 0 unspecified atom stereocenters. The number of amides is 2. The van der Waals surface area contributed by atoms with E-state index in [0.717, 1.165) is 0 Å². The fourth-order valence-electron chi connectivity index (χ4n) is 2.22. The third kappa shape index (κ3) is 3.33. The van der Waals surface area contributed by atoms with Gasteiger partial charge in [-0.1, -0.05) is 12.1 Å². The number of aromatic nitrogens is 1. The van der Waals surface area contributed by atoms with E-state index in [1.54, 1.807) is 22.9 Å². The Hall–Kier alpha value is -2.63. The largest absolute Gasteiger partial charge is 0.368 e. The lowest BCUT2D eigenvalue weighted by atomic mass is 10.1. The number of halogens is 1. The summed E-state index contributed by atoms with van der Waals surface area (Å²) in [6, 6.07) is 7.79. The van der Waals surface area contributed by atoms with Gasteiger partial charge in [-0.25, -0.2) is 4.39 Å². The number of carbonyl (C=O) groups is 2. The average Bonchev–Trinajstić information content (AvgIpc) is 2.95. The van der Waals surface area contributed by atoms with E-state index in [4.69, 9.17) is 5.73 Å². The quantitative estimate of drug-likeness (QED) is 0.888. The van der Waals surface area contributed by atoms with E-state index in [1.165, 1.54) is 24.3 Å². The Morgan fingerprint density at radius 3 is 2.36 bits per heavy atom. The normalized spacial score (nSPS) is 12.2. The van der Waals surface area contributed by atoms with Gasteiger partial charge in [0.15, 0.2) is 0 Å². The summed E-state index contributed by atoms with van der Waals surface area (Å²) in [6.07, 6.45) is 1.79. The third-order valence-electron chi connectivity index (χ3n) is 3.33. The number of rotatable bonds is 5. The molecule has 5 nitrogen and oxygen atoms in total. The molecule has 2 rings (SSSR count). The first kappa shape index (κ1) is 15.8. The number of hydrogen-bond donors (Lipinski definition) is 2. The van der Waals surface area contributed by atoms with Crippen molar-refractivity contribution in [2.75, 3.05) is 0 Å². The topological polar surface area (TPSA) is 77.1 Å². The number of primary amides is 1. The first-order chi connectivity index (χ1) is 10.4. The molecule has 0 fully saturated rings. The van der Waals surface area contributed by atoms with Crippen LogP contribution in [-0.2, 0) is 4.79 Å². The molecule has 1 heterocycles. The van der Waals surface area contributed by atoms with Crippen LogP contribution in [0, 0.1) is 5.82 Å². The second kappa shape index (κ2) is 6.43. The summed E-state index contributed by atoms with van der Waals surface area (Å²) in [5.41, 5.74) is 6.22. The molecule has 0 aliphatic heterocycles. The van der Waals surface area contributed by atoms with E-state index in [9.17, 15) is 14.0 Å². The molecule has 0 aliphatic carbocycles. The molecule has 1 aromatic heterocycles. The standard InChI is InChI=1S/C16H18FN3O2/c1-10(2)20-9-3-4-13(20)16(22)19-14(15(18)21)11-5-7-12(17)8-6-11/h3-10,14H,1-2H3,(H2,18,21)(H,19,22)/t14-/m1/s1. The van der Waals surface area contributed by atoms with Gasteiger partial charge in [0.2, 0.25) is 5.91 Å². The van der Waals surface area contributed by atoms with Crippen molar-refractivity contribution < 1.29 is 14.0 Å². The van der Waals surface area contributed by atoms with Crippen LogP contribution < -0.4 is 11.1 Å². The third-order valence-corrected chi connectivity index (χ3v) is 3.33. The second-order valence-electron chi connectivity index (χ2n) is 5.25. The zero-order valence-electron chi connectivity index (χ0n) is 12.4. The van der Waals surface area contributed by atoms with E-state index >= 15 is 0 Å². The van der Waals surface area contributed by atoms with Crippen LogP contribution in [0.25, 0.3) is 0 Å². The second-order valence-corrected chi connectivity index (χ2v) is 5.25. The lowest BCUT2D eigenvalue weighted by molar-refractivity contribution is -0.120. The summed E-state index contributed by atoms with van der Waals surface area (Å²) in [5, 5.41) is 2.59. The van der Waals surface area contributed by atoms with Crippen LogP contribution in [0.3, 0.4) is 0 Å². The van der Waals surface area contributed by atoms with Gasteiger partial charge >= 0.3 is 0 Å². The van der Waals surface area contributed by atoms with Crippen molar-refractivity contribution in [2.45, 2.75) is 25.9 Å². The lowest BCUT2D eigenvalue weighted by Gasteiger charge is -2.18. The first-order valence-electron chi connectivity index (χ1n) is 6.92. The molecule has 22 heavy (non-hydrogen) atoms. The molecule has 0 bridgehead atoms. The number of carbonyl (C=O) groups excluding carboxylic acids is 2. The van der Waals surface area contributed by atoms with Crippen LogP contribution in [-0.4, -0.2) is 16.4 Å². The zero-order valence-corrected chi connectivity index (χ0v) is 12.4. The smallest absolute Gasteiger partial charge is 0.268 e. The van der Waals surface area contributed by atoms with Gasteiger partial charge in [-0.2, -0.15) is 0 Å². The molecular formula is C16H18FN3O2. The van der Waals surface area contributed by atoms with Gasteiger partial charge in [-0.05, 0) is 43.7 Å². The van der Waals surface area contributed by atoms with Crippen molar-refractivity contribution in [1.82, 2.24) is 9.88 Å². The van der Waals surface area contributed by atoms with Crippen LogP contribution in [0.4, 0.5) is 4.39 Å². The van der Waals surface area contributed by atoms with Gasteiger partial charge < -0.3 is 15.6 Å². The first-order valence-corrected chi connectivity index (χ1v) is 6.92. The Bertz CT molecular complexity index is 677. The maximum Gasteiger partial charge on any atom is 0.268 e. The SMILES string of the molecule is CC(C)n1cccc1C(=O)N[C@@H](C(N)=O)c1ccc(F)cc1. The number of nitrogens with two attached hydrogens (primary N) is 1. The maximum absolute atomic E-state index is 13.0. The van der Waals surface area contributed by atoms with Crippen molar-refractivity contribution in [3.63, 3.8) is 0 Å². The number of benzene rings is 1. The van der Waals surface area contributed by atoms with Crippen molar-refractivity contribution in [1.29, 1.82) is 0 Å². The fraction of sp³-hybridized carbons (Fsp3) is 0.250. The zero-order chi connectivity index (χ0) is 16.3. The van der Waals surface area contributed by atoms with E-state index in [0.29, 0.717) is 11.3 Å². The van der Waals surface area contributed by atoms with E-state index < -0.39 is 23.7 Å². The van der Waals surface area contributed by atoms with Crippen LogP contribution in [0.15, 0.2) is 42.6 Å². The molecular weight excluding hydrogens is 285 g/mol. The molecule has 6 heteroatoms. The lowest BCUT2D eigenvalue weighted by Crippen LogP contribution is -2.38. The predicted octanol–water partition coefficient (Wildman–Crippen LogP) is 2.16. The fourth-order valence-corrected chi connectivity index (χ4v) is 2.22. The highest BCUT2D eigenvalue weighted by atomic mass is 19.1. The van der Waals surface area contributed by atoms with Crippen molar-refractivity contribution in [3.8, 4) is 0 Å². The Morgan fingerprint density at radius 2 is 1.82 bits per heavy atom. The van der Waals surface area contributed by atoms with Gasteiger partial charge in [0.1, 0.15) is 17.6 Å².